The highest BCUT2D eigenvalue weighted by Crippen LogP contribution is 2.38. The van der Waals surface area contributed by atoms with Gasteiger partial charge in [-0.15, -0.1) is 0 Å². The van der Waals surface area contributed by atoms with E-state index in [1.165, 1.54) is 12.8 Å². The van der Waals surface area contributed by atoms with Crippen LogP contribution in [0.15, 0.2) is 33.3 Å². The Morgan fingerprint density at radius 1 is 1.29 bits per heavy atom. The molecular weight excluding hydrogens is 370 g/mol. The Morgan fingerprint density at radius 2 is 2.12 bits per heavy atom. The van der Waals surface area contributed by atoms with Crippen molar-refractivity contribution in [2.45, 2.75) is 38.0 Å². The predicted octanol–water partition coefficient (Wildman–Crippen LogP) is 3.80. The fourth-order valence-electron chi connectivity index (χ4n) is 3.33. The second kappa shape index (κ2) is 6.67. The molecule has 1 saturated carbocycles. The number of aromatic nitrogens is 2. The molecule has 6 heteroatoms. The van der Waals surface area contributed by atoms with Gasteiger partial charge in [0.2, 0.25) is 5.89 Å². The smallest absolute Gasteiger partial charge is 0.255 e. The average molecular weight is 390 g/mol. The Morgan fingerprint density at radius 3 is 2.92 bits per heavy atom. The van der Waals surface area contributed by atoms with Gasteiger partial charge in [-0.05, 0) is 59.7 Å². The van der Waals surface area contributed by atoms with Crippen molar-refractivity contribution in [1.82, 2.24) is 15.0 Å². The third-order valence-electron chi connectivity index (χ3n) is 4.80. The van der Waals surface area contributed by atoms with E-state index in [9.17, 15) is 4.79 Å². The van der Waals surface area contributed by atoms with E-state index in [1.54, 1.807) is 0 Å². The first kappa shape index (κ1) is 15.8. The topological polar surface area (TPSA) is 59.2 Å². The lowest BCUT2D eigenvalue weighted by Crippen LogP contribution is -2.40. The van der Waals surface area contributed by atoms with Gasteiger partial charge in [0.25, 0.3) is 5.91 Å². The van der Waals surface area contributed by atoms with Crippen LogP contribution in [0.5, 0.6) is 0 Å². The number of benzene rings is 1. The minimum atomic E-state index is 0.0939. The third kappa shape index (κ3) is 3.38. The monoisotopic (exact) mass is 389 g/mol. The normalized spacial score (nSPS) is 21.0. The number of hydrogen-bond donors (Lipinski definition) is 0. The van der Waals surface area contributed by atoms with E-state index in [4.69, 9.17) is 4.52 Å². The van der Waals surface area contributed by atoms with Crippen LogP contribution in [0.3, 0.4) is 0 Å². The van der Waals surface area contributed by atoms with Crippen molar-refractivity contribution in [2.75, 3.05) is 13.1 Å². The summed E-state index contributed by atoms with van der Waals surface area (Å²) in [6.07, 6.45) is 5.23. The highest BCUT2D eigenvalue weighted by Gasteiger charge is 2.30. The summed E-state index contributed by atoms with van der Waals surface area (Å²) in [5.74, 6) is 2.58. The van der Waals surface area contributed by atoms with Crippen molar-refractivity contribution in [2.24, 2.45) is 5.92 Å². The van der Waals surface area contributed by atoms with Gasteiger partial charge < -0.3 is 9.42 Å². The van der Waals surface area contributed by atoms with Crippen LogP contribution in [-0.4, -0.2) is 34.0 Å². The molecule has 2 aliphatic rings. The van der Waals surface area contributed by atoms with Gasteiger partial charge in [-0.2, -0.15) is 4.98 Å². The molecule has 4 rings (SSSR count). The Hall–Kier alpha value is -1.69. The minimum Gasteiger partial charge on any atom is -0.339 e. The molecule has 1 saturated heterocycles. The minimum absolute atomic E-state index is 0.0939. The van der Waals surface area contributed by atoms with Gasteiger partial charge in [0.05, 0.1) is 5.56 Å². The summed E-state index contributed by atoms with van der Waals surface area (Å²) < 4.78 is 6.25. The van der Waals surface area contributed by atoms with Crippen molar-refractivity contribution in [1.29, 1.82) is 0 Å². The molecule has 1 atom stereocenters. The summed E-state index contributed by atoms with van der Waals surface area (Å²) in [7, 11) is 0. The Bertz CT molecular complexity index is 741. The van der Waals surface area contributed by atoms with Crippen LogP contribution < -0.4 is 0 Å². The lowest BCUT2D eigenvalue weighted by Gasteiger charge is -2.32. The third-order valence-corrected chi connectivity index (χ3v) is 5.49. The predicted molar refractivity (Wildman–Crippen MR) is 92.7 cm³/mol. The van der Waals surface area contributed by atoms with Crippen LogP contribution in [0, 0.1) is 5.92 Å². The van der Waals surface area contributed by atoms with Crippen molar-refractivity contribution in [3.05, 3.63) is 46.0 Å². The van der Waals surface area contributed by atoms with Crippen molar-refractivity contribution in [3.8, 4) is 0 Å². The summed E-state index contributed by atoms with van der Waals surface area (Å²) in [6, 6.07) is 7.60. The number of likely N-dealkylation sites (tertiary alicyclic amines) is 1. The molecule has 0 N–H and O–H groups in total. The number of piperidine rings is 1. The standard InChI is InChI=1S/C18H20BrN3O2/c19-15-6-2-1-5-14(15)18(23)22-9-3-4-12(11-22)10-16-20-17(21-24-16)13-7-8-13/h1-2,5-6,12-13H,3-4,7-11H2. The fraction of sp³-hybridized carbons (Fsp3) is 0.500. The number of carbonyl (C=O) groups excluding carboxylic acids is 1. The maximum absolute atomic E-state index is 12.8. The van der Waals surface area contributed by atoms with E-state index in [0.29, 0.717) is 11.8 Å². The molecule has 5 nitrogen and oxygen atoms in total. The number of carbonyl (C=O) groups is 1. The molecule has 2 aromatic rings. The molecule has 1 aromatic heterocycles. The van der Waals surface area contributed by atoms with Crippen LogP contribution in [0.1, 0.15) is 53.7 Å². The molecule has 0 spiro atoms. The largest absolute Gasteiger partial charge is 0.339 e. The Kier molecular flexibility index (Phi) is 4.39. The van der Waals surface area contributed by atoms with Crippen molar-refractivity contribution < 1.29 is 9.32 Å². The number of nitrogens with zero attached hydrogens (tertiary/aromatic N) is 3. The Balaban J connectivity index is 1.41. The molecule has 1 amide bonds. The van der Waals surface area contributed by atoms with Gasteiger partial charge in [-0.1, -0.05) is 17.3 Å². The summed E-state index contributed by atoms with van der Waals surface area (Å²) in [6.45, 7) is 1.56. The zero-order chi connectivity index (χ0) is 16.5. The maximum Gasteiger partial charge on any atom is 0.255 e. The van der Waals surface area contributed by atoms with Gasteiger partial charge in [0.1, 0.15) is 0 Å². The molecule has 1 aliphatic carbocycles. The molecule has 126 valence electrons. The fourth-order valence-corrected chi connectivity index (χ4v) is 3.78. The zero-order valence-corrected chi connectivity index (χ0v) is 15.0. The van der Waals surface area contributed by atoms with Crippen LogP contribution in [0.25, 0.3) is 0 Å². The first-order valence-electron chi connectivity index (χ1n) is 8.57. The SMILES string of the molecule is O=C(c1ccccc1Br)N1CCCC(Cc2nc(C3CC3)no2)C1. The van der Waals surface area contributed by atoms with E-state index in [1.807, 2.05) is 29.2 Å². The molecule has 1 unspecified atom stereocenters. The van der Waals surface area contributed by atoms with E-state index < -0.39 is 0 Å². The second-order valence-electron chi connectivity index (χ2n) is 6.76. The lowest BCUT2D eigenvalue weighted by molar-refractivity contribution is 0.0667. The van der Waals surface area contributed by atoms with Gasteiger partial charge in [-0.25, -0.2) is 0 Å². The number of halogens is 1. The average Bonchev–Trinajstić information content (AvgIpc) is 3.35. The van der Waals surface area contributed by atoms with Gasteiger partial charge >= 0.3 is 0 Å². The Labute approximate surface area is 149 Å². The molecule has 1 aromatic carbocycles. The van der Waals surface area contributed by atoms with Crippen molar-refractivity contribution in [3.63, 3.8) is 0 Å². The second-order valence-corrected chi connectivity index (χ2v) is 7.62. The highest BCUT2D eigenvalue weighted by molar-refractivity contribution is 9.10. The molecule has 2 heterocycles. The van der Waals surface area contributed by atoms with Crippen LogP contribution in [-0.2, 0) is 6.42 Å². The summed E-state index contributed by atoms with van der Waals surface area (Å²) in [5.41, 5.74) is 0.729. The molecule has 24 heavy (non-hydrogen) atoms. The van der Waals surface area contributed by atoms with E-state index >= 15 is 0 Å². The highest BCUT2D eigenvalue weighted by atomic mass is 79.9. The van der Waals surface area contributed by atoms with Gasteiger partial charge in [0.15, 0.2) is 5.82 Å². The quantitative estimate of drug-likeness (QED) is 0.797. The molecular formula is C18H20BrN3O2. The molecule has 2 fully saturated rings. The lowest BCUT2D eigenvalue weighted by atomic mass is 9.94. The zero-order valence-electron chi connectivity index (χ0n) is 13.4. The summed E-state index contributed by atoms with van der Waals surface area (Å²) in [4.78, 5) is 19.2. The number of amides is 1. The van der Waals surface area contributed by atoms with Gasteiger partial charge in [-0.3, -0.25) is 4.79 Å². The van der Waals surface area contributed by atoms with E-state index in [-0.39, 0.29) is 5.91 Å². The van der Waals surface area contributed by atoms with E-state index in [2.05, 4.69) is 26.1 Å². The van der Waals surface area contributed by atoms with E-state index in [0.717, 1.165) is 54.1 Å². The van der Waals surface area contributed by atoms with Crippen LogP contribution in [0.4, 0.5) is 0 Å². The van der Waals surface area contributed by atoms with Crippen LogP contribution >= 0.6 is 15.9 Å². The summed E-state index contributed by atoms with van der Waals surface area (Å²) in [5, 5.41) is 4.08. The maximum atomic E-state index is 12.8. The first-order valence-corrected chi connectivity index (χ1v) is 9.36. The summed E-state index contributed by atoms with van der Waals surface area (Å²) >= 11 is 3.47. The molecule has 1 aliphatic heterocycles. The van der Waals surface area contributed by atoms with Crippen molar-refractivity contribution >= 4 is 21.8 Å². The number of rotatable bonds is 4. The molecule has 0 radical (unpaired) electrons. The molecule has 0 bridgehead atoms. The van der Waals surface area contributed by atoms with Crippen LogP contribution in [0.2, 0.25) is 0 Å². The van der Waals surface area contributed by atoms with Gasteiger partial charge in [0, 0.05) is 29.9 Å². The first-order chi connectivity index (χ1) is 11.7. The number of hydrogen-bond acceptors (Lipinski definition) is 4.